The summed E-state index contributed by atoms with van der Waals surface area (Å²) in [7, 11) is 1.49. The first kappa shape index (κ1) is 14.2. The smallest absolute Gasteiger partial charge is 0.350 e. The first-order valence-corrected chi connectivity index (χ1v) is 6.38. The van der Waals surface area contributed by atoms with Gasteiger partial charge in [0.2, 0.25) is 6.10 Å². The van der Waals surface area contributed by atoms with E-state index < -0.39 is 12.1 Å². The van der Waals surface area contributed by atoms with Crippen LogP contribution in [0.4, 0.5) is 0 Å². The number of carbonyl (C=O) groups is 1. The van der Waals surface area contributed by atoms with Crippen LogP contribution in [0.1, 0.15) is 12.5 Å². The Morgan fingerprint density at radius 1 is 1.50 bits per heavy atom. The standard InChI is InChI=1S/C14H17NO5/c1-3-18-14(16)13-9-19-11-5-4-10(6-7-15-17-2)8-12(11)20-13/h4-5,7-8,13H,3,6,9H2,1-2H3. The zero-order chi connectivity index (χ0) is 14.4. The fraction of sp³-hybridized carbons (Fsp3) is 0.429. The third-order valence-electron chi connectivity index (χ3n) is 2.72. The van der Waals surface area contributed by atoms with Crippen LogP contribution < -0.4 is 9.47 Å². The summed E-state index contributed by atoms with van der Waals surface area (Å²) in [6.45, 7) is 2.23. The Bertz CT molecular complexity index is 500. The molecule has 0 fully saturated rings. The van der Waals surface area contributed by atoms with Gasteiger partial charge in [-0.15, -0.1) is 0 Å². The van der Waals surface area contributed by atoms with Gasteiger partial charge in [-0.3, -0.25) is 0 Å². The molecule has 0 aliphatic carbocycles. The summed E-state index contributed by atoms with van der Waals surface area (Å²) in [5, 5.41) is 3.68. The van der Waals surface area contributed by atoms with Crippen molar-refractivity contribution in [3.8, 4) is 11.5 Å². The number of fused-ring (bicyclic) bond motifs is 1. The molecule has 6 heteroatoms. The van der Waals surface area contributed by atoms with Crippen LogP contribution in [-0.2, 0) is 20.8 Å². The van der Waals surface area contributed by atoms with Gasteiger partial charge in [0.25, 0.3) is 0 Å². The van der Waals surface area contributed by atoms with Gasteiger partial charge >= 0.3 is 5.97 Å². The monoisotopic (exact) mass is 279 g/mol. The van der Waals surface area contributed by atoms with Crippen LogP contribution in [0, 0.1) is 0 Å². The fourth-order valence-corrected chi connectivity index (χ4v) is 1.81. The Hall–Kier alpha value is -2.24. The number of benzene rings is 1. The lowest BCUT2D eigenvalue weighted by molar-refractivity contribution is -0.153. The van der Waals surface area contributed by atoms with Gasteiger partial charge in [-0.05, 0) is 24.6 Å². The van der Waals surface area contributed by atoms with Crippen molar-refractivity contribution in [1.82, 2.24) is 0 Å². The number of hydrogen-bond donors (Lipinski definition) is 0. The second kappa shape index (κ2) is 6.79. The summed E-state index contributed by atoms with van der Waals surface area (Å²) in [4.78, 5) is 16.2. The van der Waals surface area contributed by atoms with E-state index in [4.69, 9.17) is 14.2 Å². The maximum atomic E-state index is 11.6. The molecule has 1 heterocycles. The Morgan fingerprint density at radius 2 is 2.35 bits per heavy atom. The van der Waals surface area contributed by atoms with Crippen molar-refractivity contribution in [2.75, 3.05) is 20.3 Å². The average Bonchev–Trinajstić information content (AvgIpc) is 2.47. The Labute approximate surface area is 117 Å². The van der Waals surface area contributed by atoms with Gasteiger partial charge in [-0.1, -0.05) is 11.2 Å². The maximum Gasteiger partial charge on any atom is 0.350 e. The molecule has 0 radical (unpaired) electrons. The summed E-state index contributed by atoms with van der Waals surface area (Å²) in [5.74, 6) is 0.750. The largest absolute Gasteiger partial charge is 0.485 e. The van der Waals surface area contributed by atoms with Gasteiger partial charge in [-0.2, -0.15) is 0 Å². The highest BCUT2D eigenvalue weighted by atomic mass is 16.6. The van der Waals surface area contributed by atoms with E-state index in [1.54, 1.807) is 13.1 Å². The van der Waals surface area contributed by atoms with E-state index >= 15 is 0 Å². The second-order valence-corrected chi connectivity index (χ2v) is 4.13. The van der Waals surface area contributed by atoms with Crippen LogP contribution in [0.2, 0.25) is 0 Å². The van der Waals surface area contributed by atoms with Crippen LogP contribution in [0.5, 0.6) is 11.5 Å². The predicted molar refractivity (Wildman–Crippen MR) is 72.2 cm³/mol. The van der Waals surface area contributed by atoms with Crippen molar-refractivity contribution < 1.29 is 23.8 Å². The van der Waals surface area contributed by atoms with Crippen LogP contribution in [0.3, 0.4) is 0 Å². The van der Waals surface area contributed by atoms with E-state index in [9.17, 15) is 4.79 Å². The number of oxime groups is 1. The van der Waals surface area contributed by atoms with Gasteiger partial charge in [0.1, 0.15) is 13.7 Å². The minimum absolute atomic E-state index is 0.163. The lowest BCUT2D eigenvalue weighted by atomic mass is 10.1. The molecule has 0 amide bonds. The number of nitrogens with zero attached hydrogens (tertiary/aromatic N) is 1. The zero-order valence-electron chi connectivity index (χ0n) is 11.5. The molecule has 1 aromatic carbocycles. The van der Waals surface area contributed by atoms with Crippen molar-refractivity contribution >= 4 is 12.2 Å². The van der Waals surface area contributed by atoms with Crippen LogP contribution in [0.25, 0.3) is 0 Å². The number of esters is 1. The minimum Gasteiger partial charge on any atom is -0.485 e. The summed E-state index contributed by atoms with van der Waals surface area (Å²) >= 11 is 0. The minimum atomic E-state index is -0.717. The third kappa shape index (κ3) is 3.40. The highest BCUT2D eigenvalue weighted by Crippen LogP contribution is 2.32. The molecule has 0 bridgehead atoms. The van der Waals surface area contributed by atoms with Gasteiger partial charge in [0.15, 0.2) is 11.5 Å². The molecule has 1 aromatic rings. The Morgan fingerprint density at radius 3 is 3.10 bits per heavy atom. The Kier molecular flexibility index (Phi) is 4.81. The van der Waals surface area contributed by atoms with E-state index in [2.05, 4.69) is 9.99 Å². The van der Waals surface area contributed by atoms with E-state index in [0.29, 0.717) is 24.5 Å². The Balaban J connectivity index is 2.07. The lowest BCUT2D eigenvalue weighted by Crippen LogP contribution is -2.37. The highest BCUT2D eigenvalue weighted by molar-refractivity contribution is 5.76. The normalized spacial score (nSPS) is 17.0. The molecule has 0 saturated heterocycles. The number of ether oxygens (including phenoxy) is 3. The highest BCUT2D eigenvalue weighted by Gasteiger charge is 2.28. The van der Waals surface area contributed by atoms with E-state index in [1.165, 1.54) is 7.11 Å². The molecule has 1 aliphatic heterocycles. The molecule has 0 aromatic heterocycles. The SMILES string of the molecule is CCOC(=O)C1COc2ccc(CC=NOC)cc2O1. The van der Waals surface area contributed by atoms with Crippen molar-refractivity contribution in [3.63, 3.8) is 0 Å². The van der Waals surface area contributed by atoms with Crippen molar-refractivity contribution in [2.24, 2.45) is 5.16 Å². The molecular weight excluding hydrogens is 262 g/mol. The lowest BCUT2D eigenvalue weighted by Gasteiger charge is -2.25. The summed E-state index contributed by atoms with van der Waals surface area (Å²) in [6.07, 6.45) is 1.54. The van der Waals surface area contributed by atoms with E-state index in [0.717, 1.165) is 5.56 Å². The second-order valence-electron chi connectivity index (χ2n) is 4.13. The van der Waals surface area contributed by atoms with Gasteiger partial charge in [0, 0.05) is 12.6 Å². The topological polar surface area (TPSA) is 66.4 Å². The van der Waals surface area contributed by atoms with E-state index in [-0.39, 0.29) is 6.61 Å². The summed E-state index contributed by atoms with van der Waals surface area (Å²) in [6, 6.07) is 5.55. The quantitative estimate of drug-likeness (QED) is 0.465. The van der Waals surface area contributed by atoms with Gasteiger partial charge in [-0.25, -0.2) is 4.79 Å². The van der Waals surface area contributed by atoms with Crippen molar-refractivity contribution in [1.29, 1.82) is 0 Å². The molecule has 6 nitrogen and oxygen atoms in total. The van der Waals surface area contributed by atoms with Crippen LogP contribution in [-0.4, -0.2) is 38.6 Å². The molecule has 0 spiro atoms. The fourth-order valence-electron chi connectivity index (χ4n) is 1.81. The summed E-state index contributed by atoms with van der Waals surface area (Å²) < 4.78 is 16.0. The molecule has 20 heavy (non-hydrogen) atoms. The predicted octanol–water partition coefficient (Wildman–Crippen LogP) is 1.56. The molecule has 0 saturated carbocycles. The van der Waals surface area contributed by atoms with E-state index in [1.807, 2.05) is 18.2 Å². The molecule has 2 rings (SSSR count). The summed E-state index contributed by atoms with van der Waals surface area (Å²) in [5.41, 5.74) is 0.984. The number of carbonyl (C=O) groups excluding carboxylic acids is 1. The zero-order valence-corrected chi connectivity index (χ0v) is 11.5. The molecule has 108 valence electrons. The first-order valence-electron chi connectivity index (χ1n) is 6.38. The van der Waals surface area contributed by atoms with Crippen LogP contribution >= 0.6 is 0 Å². The van der Waals surface area contributed by atoms with Gasteiger partial charge < -0.3 is 19.0 Å². The van der Waals surface area contributed by atoms with Crippen molar-refractivity contribution in [3.05, 3.63) is 23.8 Å². The maximum absolute atomic E-state index is 11.6. The molecular formula is C14H17NO5. The molecule has 1 atom stereocenters. The number of hydrogen-bond acceptors (Lipinski definition) is 6. The molecule has 0 N–H and O–H groups in total. The van der Waals surface area contributed by atoms with Gasteiger partial charge in [0.05, 0.1) is 6.61 Å². The number of rotatable bonds is 5. The first-order chi connectivity index (χ1) is 9.74. The molecule has 1 unspecified atom stereocenters. The van der Waals surface area contributed by atoms with Crippen molar-refractivity contribution in [2.45, 2.75) is 19.4 Å². The average molecular weight is 279 g/mol. The molecule has 1 aliphatic rings. The third-order valence-corrected chi connectivity index (χ3v) is 2.72. The van der Waals surface area contributed by atoms with Crippen LogP contribution in [0.15, 0.2) is 23.4 Å².